The smallest absolute Gasteiger partial charge is 0.143 e. The van der Waals surface area contributed by atoms with Crippen LogP contribution in [0, 0.1) is 0 Å². The lowest BCUT2D eigenvalue weighted by molar-refractivity contribution is 0.455. The van der Waals surface area contributed by atoms with Crippen LogP contribution in [-0.2, 0) is 0 Å². The molecule has 1 heterocycles. The molecule has 0 aromatic heterocycles. The molecule has 5 aromatic carbocycles. The molecule has 0 unspecified atom stereocenters. The van der Waals surface area contributed by atoms with Gasteiger partial charge in [-0.1, -0.05) is 84.6 Å². The predicted octanol–water partition coefficient (Wildman–Crippen LogP) is 8.57. The number of rotatable bonds is 3. The molecule has 0 bridgehead atoms. The lowest BCUT2D eigenvalue weighted by atomic mass is 10.1. The quantitative estimate of drug-likeness (QED) is 0.286. The van der Waals surface area contributed by atoms with Crippen molar-refractivity contribution < 1.29 is 4.74 Å². The Balaban J connectivity index is 1.60. The average molecular weight is 418 g/mol. The van der Waals surface area contributed by atoms with Gasteiger partial charge in [0.25, 0.3) is 0 Å². The molecule has 0 saturated carbocycles. The average Bonchev–Trinajstić information content (AvgIpc) is 2.84. The molecular weight excluding hydrogens is 398 g/mol. The van der Waals surface area contributed by atoms with E-state index in [0.717, 1.165) is 38.4 Å². The Kier molecular flexibility index (Phi) is 4.40. The summed E-state index contributed by atoms with van der Waals surface area (Å²) in [4.78, 5) is 4.59. The second-order valence-corrected chi connectivity index (χ2v) is 8.48. The fourth-order valence-corrected chi connectivity index (χ4v) is 5.15. The van der Waals surface area contributed by atoms with E-state index in [2.05, 4.69) is 102 Å². The normalized spacial score (nSPS) is 12.0. The van der Waals surface area contributed by atoms with Crippen LogP contribution in [0.2, 0.25) is 0 Å². The number of nitrogens with zero attached hydrogens (tertiary/aromatic N) is 1. The zero-order valence-corrected chi connectivity index (χ0v) is 17.5. The first-order valence-corrected chi connectivity index (χ1v) is 11.1. The second-order valence-electron chi connectivity index (χ2n) is 7.42. The molecule has 6 rings (SSSR count). The van der Waals surface area contributed by atoms with Crippen LogP contribution in [0.1, 0.15) is 0 Å². The number of hydrogen-bond acceptors (Lipinski definition) is 3. The van der Waals surface area contributed by atoms with Crippen molar-refractivity contribution in [1.29, 1.82) is 0 Å². The SMILES string of the molecule is c1ccc(N(c2cccc3c2Sc2ccccc2O3)c2cccc3ccccc23)cc1. The topological polar surface area (TPSA) is 12.5 Å². The fourth-order valence-electron chi connectivity index (χ4n) is 4.10. The van der Waals surface area contributed by atoms with Gasteiger partial charge in [-0.15, -0.1) is 0 Å². The first-order chi connectivity index (χ1) is 15.4. The molecule has 148 valence electrons. The Bertz CT molecular complexity index is 1390. The highest BCUT2D eigenvalue weighted by molar-refractivity contribution is 7.99. The van der Waals surface area contributed by atoms with Gasteiger partial charge in [-0.05, 0) is 47.9 Å². The van der Waals surface area contributed by atoms with Crippen molar-refractivity contribution in [3.8, 4) is 11.5 Å². The molecule has 31 heavy (non-hydrogen) atoms. The molecule has 0 saturated heterocycles. The predicted molar refractivity (Wildman–Crippen MR) is 129 cm³/mol. The van der Waals surface area contributed by atoms with E-state index in [1.54, 1.807) is 11.8 Å². The number of ether oxygens (including phenoxy) is 1. The maximum absolute atomic E-state index is 6.28. The van der Waals surface area contributed by atoms with E-state index in [-0.39, 0.29) is 0 Å². The highest BCUT2D eigenvalue weighted by Gasteiger charge is 2.25. The molecule has 0 amide bonds. The molecule has 0 radical (unpaired) electrons. The van der Waals surface area contributed by atoms with Crippen molar-refractivity contribution >= 4 is 39.6 Å². The summed E-state index contributed by atoms with van der Waals surface area (Å²) in [7, 11) is 0. The molecule has 2 nitrogen and oxygen atoms in total. The minimum atomic E-state index is 0.891. The highest BCUT2D eigenvalue weighted by atomic mass is 32.2. The Hall–Kier alpha value is -3.69. The Morgan fingerprint density at radius 2 is 1.23 bits per heavy atom. The second kappa shape index (κ2) is 7.53. The summed E-state index contributed by atoms with van der Waals surface area (Å²) in [5.41, 5.74) is 3.38. The number of fused-ring (bicyclic) bond motifs is 3. The van der Waals surface area contributed by atoms with Crippen molar-refractivity contribution in [1.82, 2.24) is 0 Å². The monoisotopic (exact) mass is 417 g/mol. The van der Waals surface area contributed by atoms with Gasteiger partial charge in [0.2, 0.25) is 0 Å². The third-order valence-electron chi connectivity index (χ3n) is 5.50. The summed E-state index contributed by atoms with van der Waals surface area (Å²) in [6.45, 7) is 0. The third-order valence-corrected chi connectivity index (χ3v) is 6.67. The van der Waals surface area contributed by atoms with E-state index in [1.165, 1.54) is 10.8 Å². The molecule has 5 aromatic rings. The maximum Gasteiger partial charge on any atom is 0.143 e. The van der Waals surface area contributed by atoms with E-state index in [0.29, 0.717) is 0 Å². The lowest BCUT2D eigenvalue weighted by Gasteiger charge is -2.30. The Labute approximate surface area is 185 Å². The first-order valence-electron chi connectivity index (χ1n) is 10.3. The molecule has 0 fully saturated rings. The fraction of sp³-hybridized carbons (Fsp3) is 0. The zero-order valence-electron chi connectivity index (χ0n) is 16.7. The molecule has 0 N–H and O–H groups in total. The van der Waals surface area contributed by atoms with Gasteiger partial charge in [-0.3, -0.25) is 0 Å². The van der Waals surface area contributed by atoms with Crippen LogP contribution in [-0.4, -0.2) is 0 Å². The molecule has 0 aliphatic carbocycles. The molecule has 1 aliphatic heterocycles. The number of benzene rings is 5. The number of para-hydroxylation sites is 2. The van der Waals surface area contributed by atoms with Crippen molar-refractivity contribution in [2.45, 2.75) is 9.79 Å². The van der Waals surface area contributed by atoms with Crippen LogP contribution >= 0.6 is 11.8 Å². The third kappa shape index (κ3) is 3.15. The van der Waals surface area contributed by atoms with Crippen molar-refractivity contribution in [3.63, 3.8) is 0 Å². The highest BCUT2D eigenvalue weighted by Crippen LogP contribution is 2.53. The van der Waals surface area contributed by atoms with Crippen LogP contribution in [0.4, 0.5) is 17.1 Å². The van der Waals surface area contributed by atoms with E-state index >= 15 is 0 Å². The molecule has 0 atom stereocenters. The summed E-state index contributed by atoms with van der Waals surface area (Å²) >= 11 is 1.77. The van der Waals surface area contributed by atoms with E-state index in [9.17, 15) is 0 Å². The summed E-state index contributed by atoms with van der Waals surface area (Å²) in [6.07, 6.45) is 0. The van der Waals surface area contributed by atoms with E-state index < -0.39 is 0 Å². The standard InChI is InChI=1S/C28H19NOS/c1-2-12-21(13-3-1)29(23-15-8-11-20-10-4-5-14-22(20)23)24-16-9-18-26-28(24)31-27-19-7-6-17-25(27)30-26/h1-19H. The summed E-state index contributed by atoms with van der Waals surface area (Å²) in [5.74, 6) is 1.80. The van der Waals surface area contributed by atoms with Crippen LogP contribution in [0.3, 0.4) is 0 Å². The molecule has 0 spiro atoms. The zero-order chi connectivity index (χ0) is 20.6. The van der Waals surface area contributed by atoms with Crippen molar-refractivity contribution in [3.05, 3.63) is 115 Å². The van der Waals surface area contributed by atoms with Gasteiger partial charge in [-0.2, -0.15) is 0 Å². The minimum Gasteiger partial charge on any atom is -0.455 e. The van der Waals surface area contributed by atoms with E-state index in [4.69, 9.17) is 4.74 Å². The van der Waals surface area contributed by atoms with Gasteiger partial charge in [0.15, 0.2) is 0 Å². The Morgan fingerprint density at radius 1 is 0.548 bits per heavy atom. The van der Waals surface area contributed by atoms with Gasteiger partial charge in [0, 0.05) is 11.1 Å². The first kappa shape index (κ1) is 18.1. The van der Waals surface area contributed by atoms with Crippen LogP contribution < -0.4 is 9.64 Å². The van der Waals surface area contributed by atoms with Gasteiger partial charge >= 0.3 is 0 Å². The van der Waals surface area contributed by atoms with Gasteiger partial charge < -0.3 is 9.64 Å². The van der Waals surface area contributed by atoms with Crippen LogP contribution in [0.5, 0.6) is 11.5 Å². The van der Waals surface area contributed by atoms with Crippen LogP contribution in [0.25, 0.3) is 10.8 Å². The lowest BCUT2D eigenvalue weighted by Crippen LogP contribution is -2.12. The number of hydrogen-bond donors (Lipinski definition) is 0. The maximum atomic E-state index is 6.28. The Morgan fingerprint density at radius 3 is 2.16 bits per heavy atom. The molecule has 1 aliphatic rings. The molecular formula is C28H19NOS. The number of anilines is 3. The largest absolute Gasteiger partial charge is 0.455 e. The van der Waals surface area contributed by atoms with Gasteiger partial charge in [0.05, 0.1) is 21.2 Å². The summed E-state index contributed by atoms with van der Waals surface area (Å²) in [6, 6.07) is 40.1. The summed E-state index contributed by atoms with van der Waals surface area (Å²) < 4.78 is 6.28. The van der Waals surface area contributed by atoms with Crippen molar-refractivity contribution in [2.75, 3.05) is 4.90 Å². The van der Waals surface area contributed by atoms with Crippen molar-refractivity contribution in [2.24, 2.45) is 0 Å². The molecule has 3 heteroatoms. The van der Waals surface area contributed by atoms with E-state index in [1.807, 2.05) is 18.2 Å². The minimum absolute atomic E-state index is 0.891. The summed E-state index contributed by atoms with van der Waals surface area (Å²) in [5, 5.41) is 2.44. The van der Waals surface area contributed by atoms with Gasteiger partial charge in [0.1, 0.15) is 11.5 Å². The van der Waals surface area contributed by atoms with Crippen LogP contribution in [0.15, 0.2) is 125 Å². The van der Waals surface area contributed by atoms with Gasteiger partial charge in [-0.25, -0.2) is 0 Å².